The maximum Gasteiger partial charge on any atom is 0.125 e. The number of nitrogens with one attached hydrogen (secondary N) is 1. The molecule has 0 saturated heterocycles. The largest absolute Gasteiger partial charge is 0.467 e. The maximum absolute atomic E-state index is 5.71. The third kappa shape index (κ3) is 2.82. The van der Waals surface area contributed by atoms with Crippen LogP contribution in [0.2, 0.25) is 0 Å². The zero-order valence-electron chi connectivity index (χ0n) is 12.1. The highest BCUT2D eigenvalue weighted by atomic mass is 79.9. The Balaban J connectivity index is 2.32. The van der Waals surface area contributed by atoms with Crippen LogP contribution in [0.4, 0.5) is 0 Å². The molecule has 6 heteroatoms. The van der Waals surface area contributed by atoms with E-state index in [1.54, 1.807) is 6.26 Å². The van der Waals surface area contributed by atoms with E-state index in [0.29, 0.717) is 0 Å². The Kier molecular flexibility index (Phi) is 5.01. The molecule has 5 nitrogen and oxygen atoms in total. The van der Waals surface area contributed by atoms with Crippen LogP contribution >= 0.6 is 15.9 Å². The van der Waals surface area contributed by atoms with Gasteiger partial charge in [-0.05, 0) is 47.8 Å². The molecule has 20 heavy (non-hydrogen) atoms. The van der Waals surface area contributed by atoms with Crippen LogP contribution in [0, 0.1) is 6.92 Å². The lowest BCUT2D eigenvalue weighted by atomic mass is 10.1. The maximum atomic E-state index is 5.71. The van der Waals surface area contributed by atoms with E-state index in [1.165, 1.54) is 0 Å². The fraction of sp³-hybridized carbons (Fsp3) is 0.500. The summed E-state index contributed by atoms with van der Waals surface area (Å²) in [5.74, 6) is 6.58. The summed E-state index contributed by atoms with van der Waals surface area (Å²) in [6.07, 6.45) is 3.33. The lowest BCUT2D eigenvalue weighted by Crippen LogP contribution is -2.30. The summed E-state index contributed by atoms with van der Waals surface area (Å²) in [6.45, 7) is 7.05. The Bertz CT molecular complexity index is 576. The Hall–Kier alpha value is -1.11. The molecule has 0 aliphatic rings. The smallest absolute Gasteiger partial charge is 0.125 e. The van der Waals surface area contributed by atoms with Gasteiger partial charge in [0.2, 0.25) is 0 Å². The molecule has 0 aromatic carbocycles. The zero-order chi connectivity index (χ0) is 14.7. The second kappa shape index (κ2) is 6.56. The molecule has 0 saturated carbocycles. The van der Waals surface area contributed by atoms with E-state index in [4.69, 9.17) is 10.3 Å². The fourth-order valence-electron chi connectivity index (χ4n) is 2.37. The van der Waals surface area contributed by atoms with Crippen LogP contribution in [0.15, 0.2) is 21.2 Å². The molecular formula is C14H21BrN4O. The topological polar surface area (TPSA) is 69.0 Å². The Labute approximate surface area is 127 Å². The number of rotatable bonds is 6. The molecule has 1 atom stereocenters. The number of furan rings is 1. The van der Waals surface area contributed by atoms with Gasteiger partial charge in [-0.2, -0.15) is 5.10 Å². The number of nitrogens with zero attached hydrogens (tertiary/aromatic N) is 2. The first kappa shape index (κ1) is 15.3. The van der Waals surface area contributed by atoms with Crippen molar-refractivity contribution in [1.29, 1.82) is 0 Å². The minimum Gasteiger partial charge on any atom is -0.467 e. The molecule has 2 aromatic rings. The van der Waals surface area contributed by atoms with Crippen molar-refractivity contribution in [2.24, 2.45) is 5.84 Å². The summed E-state index contributed by atoms with van der Waals surface area (Å²) in [6, 6.07) is 1.89. The lowest BCUT2D eigenvalue weighted by molar-refractivity contribution is 0.405. The monoisotopic (exact) mass is 340 g/mol. The van der Waals surface area contributed by atoms with E-state index >= 15 is 0 Å². The molecule has 2 rings (SSSR count). The number of hydrogen-bond donors (Lipinski definition) is 2. The Morgan fingerprint density at radius 2 is 2.25 bits per heavy atom. The third-order valence-corrected chi connectivity index (χ3v) is 4.43. The molecule has 0 aliphatic heterocycles. The van der Waals surface area contributed by atoms with Crippen molar-refractivity contribution in [2.75, 3.05) is 0 Å². The summed E-state index contributed by atoms with van der Waals surface area (Å²) >= 11 is 3.66. The van der Waals surface area contributed by atoms with Gasteiger partial charge in [0.1, 0.15) is 5.76 Å². The second-order valence-electron chi connectivity index (χ2n) is 4.77. The quantitative estimate of drug-likeness (QED) is 0.626. The number of aromatic nitrogens is 2. The van der Waals surface area contributed by atoms with Crippen LogP contribution in [0.3, 0.4) is 0 Å². The van der Waals surface area contributed by atoms with Crippen molar-refractivity contribution in [3.63, 3.8) is 0 Å². The van der Waals surface area contributed by atoms with E-state index < -0.39 is 0 Å². The summed E-state index contributed by atoms with van der Waals surface area (Å²) in [5.41, 5.74) is 6.16. The highest BCUT2D eigenvalue weighted by Gasteiger charge is 2.22. The van der Waals surface area contributed by atoms with E-state index in [-0.39, 0.29) is 6.04 Å². The molecular weight excluding hydrogens is 320 g/mol. The SMILES string of the molecule is CCc1nn(CC)c(CC(NN)c2occc2C)c1Br. The van der Waals surface area contributed by atoms with Crippen LogP contribution in [0.1, 0.15) is 42.6 Å². The lowest BCUT2D eigenvalue weighted by Gasteiger charge is -2.15. The average molecular weight is 341 g/mol. The minimum atomic E-state index is -0.0620. The van der Waals surface area contributed by atoms with E-state index in [0.717, 1.165) is 46.6 Å². The van der Waals surface area contributed by atoms with Gasteiger partial charge in [0.15, 0.2) is 0 Å². The van der Waals surface area contributed by atoms with Crippen molar-refractivity contribution in [1.82, 2.24) is 15.2 Å². The van der Waals surface area contributed by atoms with Gasteiger partial charge < -0.3 is 4.42 Å². The van der Waals surface area contributed by atoms with Gasteiger partial charge in [-0.25, -0.2) is 5.43 Å². The van der Waals surface area contributed by atoms with E-state index in [1.807, 2.05) is 17.7 Å². The van der Waals surface area contributed by atoms with Crippen molar-refractivity contribution >= 4 is 15.9 Å². The molecule has 110 valence electrons. The average Bonchev–Trinajstić information content (AvgIpc) is 3.00. The molecule has 3 N–H and O–H groups in total. The molecule has 0 fully saturated rings. The van der Waals surface area contributed by atoms with Gasteiger partial charge in [0, 0.05) is 13.0 Å². The van der Waals surface area contributed by atoms with Crippen molar-refractivity contribution < 1.29 is 4.42 Å². The van der Waals surface area contributed by atoms with Crippen LogP contribution in [0.25, 0.3) is 0 Å². The van der Waals surface area contributed by atoms with Gasteiger partial charge in [-0.15, -0.1) is 0 Å². The predicted molar refractivity (Wildman–Crippen MR) is 82.2 cm³/mol. The van der Waals surface area contributed by atoms with Crippen molar-refractivity contribution in [3.8, 4) is 0 Å². The third-order valence-electron chi connectivity index (χ3n) is 3.51. The first-order valence-electron chi connectivity index (χ1n) is 6.86. The molecule has 0 radical (unpaired) electrons. The molecule has 2 heterocycles. The van der Waals surface area contributed by atoms with E-state index in [2.05, 4.69) is 40.3 Å². The first-order chi connectivity index (χ1) is 9.62. The summed E-state index contributed by atoms with van der Waals surface area (Å²) in [4.78, 5) is 0. The Morgan fingerprint density at radius 3 is 2.75 bits per heavy atom. The number of hydrogen-bond acceptors (Lipinski definition) is 4. The molecule has 0 bridgehead atoms. The zero-order valence-corrected chi connectivity index (χ0v) is 13.7. The summed E-state index contributed by atoms with van der Waals surface area (Å²) in [7, 11) is 0. The number of halogens is 1. The predicted octanol–water partition coefficient (Wildman–Crippen LogP) is 2.88. The molecule has 0 amide bonds. The summed E-state index contributed by atoms with van der Waals surface area (Å²) in [5, 5.41) is 4.61. The first-order valence-corrected chi connectivity index (χ1v) is 7.65. The molecule has 0 spiro atoms. The molecule has 0 aliphatic carbocycles. The standard InChI is InChI=1S/C14H21BrN4O/c1-4-10-13(15)12(19(5-2)18-10)8-11(17-16)14-9(3)6-7-20-14/h6-7,11,17H,4-5,8,16H2,1-3H3. The Morgan fingerprint density at radius 1 is 1.50 bits per heavy atom. The second-order valence-corrected chi connectivity index (χ2v) is 5.56. The van der Waals surface area contributed by atoms with Crippen LogP contribution in [-0.4, -0.2) is 9.78 Å². The molecule has 1 unspecified atom stereocenters. The van der Waals surface area contributed by atoms with Crippen molar-refractivity contribution in [2.45, 2.75) is 46.2 Å². The minimum absolute atomic E-state index is 0.0620. The molecule has 2 aromatic heterocycles. The highest BCUT2D eigenvalue weighted by molar-refractivity contribution is 9.10. The van der Waals surface area contributed by atoms with Gasteiger partial charge in [0.05, 0.1) is 28.2 Å². The van der Waals surface area contributed by atoms with Crippen molar-refractivity contribution in [3.05, 3.63) is 39.5 Å². The van der Waals surface area contributed by atoms with Crippen LogP contribution in [0.5, 0.6) is 0 Å². The van der Waals surface area contributed by atoms with Gasteiger partial charge in [-0.3, -0.25) is 10.5 Å². The van der Waals surface area contributed by atoms with Gasteiger partial charge in [-0.1, -0.05) is 6.92 Å². The fourth-order valence-corrected chi connectivity index (χ4v) is 3.10. The van der Waals surface area contributed by atoms with Crippen LogP contribution in [-0.2, 0) is 19.4 Å². The van der Waals surface area contributed by atoms with Gasteiger partial charge >= 0.3 is 0 Å². The number of nitrogens with two attached hydrogens (primary N) is 1. The van der Waals surface area contributed by atoms with Gasteiger partial charge in [0.25, 0.3) is 0 Å². The number of aryl methyl sites for hydroxylation is 3. The number of hydrazine groups is 1. The normalized spacial score (nSPS) is 12.8. The highest BCUT2D eigenvalue weighted by Crippen LogP contribution is 2.28. The van der Waals surface area contributed by atoms with Crippen LogP contribution < -0.4 is 11.3 Å². The van der Waals surface area contributed by atoms with E-state index in [9.17, 15) is 0 Å². The summed E-state index contributed by atoms with van der Waals surface area (Å²) < 4.78 is 8.64.